The molecule has 1 amide bonds. The third kappa shape index (κ3) is 8.89. The fourth-order valence-corrected chi connectivity index (χ4v) is 3.22. The lowest BCUT2D eigenvalue weighted by molar-refractivity contribution is -0.151. The highest BCUT2D eigenvalue weighted by atomic mass is 16.5. The number of methoxy groups -OCH3 is 1. The number of aryl methyl sites for hydroxylation is 1. The Bertz CT molecular complexity index is 644. The zero-order chi connectivity index (χ0) is 22.2. The van der Waals surface area contributed by atoms with Crippen molar-refractivity contribution < 1.29 is 23.8 Å². The fraction of sp³-hybridized carbons (Fsp3) is 0.583. The molecule has 1 rings (SSSR count). The third-order valence-corrected chi connectivity index (χ3v) is 4.97. The van der Waals surface area contributed by atoms with Crippen LogP contribution >= 0.6 is 0 Å². The number of carbonyl (C=O) groups excluding carboxylic acids is 2. The maximum Gasteiger partial charge on any atom is 0.407 e. The van der Waals surface area contributed by atoms with Crippen LogP contribution in [-0.2, 0) is 20.7 Å². The van der Waals surface area contributed by atoms with E-state index in [0.717, 1.165) is 24.3 Å². The number of alkyl carbamates (subject to hydrolysis) is 1. The SMILES string of the molecule is C=CCC(CCc1ccc(OCCCCCCC)cc1)(NC(=O)OC)C(=O)OCC. The van der Waals surface area contributed by atoms with Gasteiger partial charge in [-0.15, -0.1) is 6.58 Å². The number of esters is 1. The van der Waals surface area contributed by atoms with Crippen LogP contribution in [0.1, 0.15) is 64.4 Å². The molecule has 168 valence electrons. The lowest BCUT2D eigenvalue weighted by Gasteiger charge is -2.31. The first-order valence-electron chi connectivity index (χ1n) is 10.9. The summed E-state index contributed by atoms with van der Waals surface area (Å²) in [7, 11) is 1.27. The molecule has 0 fully saturated rings. The van der Waals surface area contributed by atoms with E-state index in [2.05, 4.69) is 18.8 Å². The van der Waals surface area contributed by atoms with Crippen LogP contribution in [0.4, 0.5) is 4.79 Å². The third-order valence-electron chi connectivity index (χ3n) is 4.97. The highest BCUT2D eigenvalue weighted by molar-refractivity contribution is 5.86. The minimum atomic E-state index is -1.21. The Kier molecular flexibility index (Phi) is 12.3. The Morgan fingerprint density at radius 2 is 1.80 bits per heavy atom. The van der Waals surface area contributed by atoms with E-state index < -0.39 is 17.6 Å². The van der Waals surface area contributed by atoms with Crippen LogP contribution in [0.25, 0.3) is 0 Å². The maximum absolute atomic E-state index is 12.6. The van der Waals surface area contributed by atoms with Gasteiger partial charge >= 0.3 is 12.1 Å². The standard InChI is InChI=1S/C24H37NO5/c1-5-8-9-10-11-19-30-21-14-12-20(13-15-21)16-18-24(17-6-2,22(26)29-7-3)25-23(27)28-4/h6,12-15H,2,5,7-11,16-19H2,1,3-4H3,(H,25,27). The highest BCUT2D eigenvalue weighted by Gasteiger charge is 2.40. The molecule has 0 saturated heterocycles. The molecule has 0 radical (unpaired) electrons. The molecule has 1 aromatic carbocycles. The van der Waals surface area contributed by atoms with Crippen LogP contribution in [0, 0.1) is 0 Å². The molecule has 1 atom stereocenters. The molecule has 30 heavy (non-hydrogen) atoms. The summed E-state index contributed by atoms with van der Waals surface area (Å²) in [5, 5.41) is 2.66. The Labute approximate surface area is 181 Å². The first-order valence-corrected chi connectivity index (χ1v) is 10.9. The van der Waals surface area contributed by atoms with Crippen molar-refractivity contribution in [1.82, 2.24) is 5.32 Å². The number of hydrogen-bond donors (Lipinski definition) is 1. The van der Waals surface area contributed by atoms with E-state index in [1.54, 1.807) is 13.0 Å². The number of rotatable bonds is 15. The lowest BCUT2D eigenvalue weighted by atomic mass is 9.88. The van der Waals surface area contributed by atoms with Gasteiger partial charge in [0, 0.05) is 0 Å². The number of hydrogen-bond acceptors (Lipinski definition) is 5. The second-order valence-corrected chi connectivity index (χ2v) is 7.32. The van der Waals surface area contributed by atoms with Gasteiger partial charge in [0.2, 0.25) is 0 Å². The predicted octanol–water partition coefficient (Wildman–Crippen LogP) is 5.20. The van der Waals surface area contributed by atoms with E-state index in [1.165, 1.54) is 32.8 Å². The Morgan fingerprint density at radius 3 is 2.40 bits per heavy atom. The minimum Gasteiger partial charge on any atom is -0.494 e. The molecule has 0 aromatic heterocycles. The van der Waals surface area contributed by atoms with E-state index in [1.807, 2.05) is 24.3 Å². The van der Waals surface area contributed by atoms with E-state index in [4.69, 9.17) is 14.2 Å². The van der Waals surface area contributed by atoms with E-state index in [9.17, 15) is 9.59 Å². The monoisotopic (exact) mass is 419 g/mol. The summed E-state index contributed by atoms with van der Waals surface area (Å²) in [6.07, 6.45) is 8.14. The van der Waals surface area contributed by atoms with Crippen molar-refractivity contribution in [1.29, 1.82) is 0 Å². The van der Waals surface area contributed by atoms with Gasteiger partial charge in [-0.25, -0.2) is 9.59 Å². The summed E-state index contributed by atoms with van der Waals surface area (Å²) < 4.78 is 15.7. The fourth-order valence-electron chi connectivity index (χ4n) is 3.22. The first-order chi connectivity index (χ1) is 14.5. The van der Waals surface area contributed by atoms with Gasteiger partial charge in [0.1, 0.15) is 11.3 Å². The molecule has 0 heterocycles. The molecule has 0 bridgehead atoms. The number of ether oxygens (including phenoxy) is 3. The van der Waals surface area contributed by atoms with Gasteiger partial charge in [0.25, 0.3) is 0 Å². The Balaban J connectivity index is 2.69. The second kappa shape index (κ2) is 14.5. The second-order valence-electron chi connectivity index (χ2n) is 7.32. The van der Waals surface area contributed by atoms with Crippen LogP contribution in [0.3, 0.4) is 0 Å². The van der Waals surface area contributed by atoms with Gasteiger partial charge in [0.15, 0.2) is 0 Å². The molecule has 1 aromatic rings. The molecule has 0 aliphatic carbocycles. The van der Waals surface area contributed by atoms with E-state index >= 15 is 0 Å². The summed E-state index contributed by atoms with van der Waals surface area (Å²) >= 11 is 0. The summed E-state index contributed by atoms with van der Waals surface area (Å²) in [5.41, 5.74) is -0.173. The molecule has 1 N–H and O–H groups in total. The van der Waals surface area contributed by atoms with Gasteiger partial charge in [-0.1, -0.05) is 50.8 Å². The molecule has 6 heteroatoms. The zero-order valence-electron chi connectivity index (χ0n) is 18.7. The van der Waals surface area contributed by atoms with Crippen molar-refractivity contribution in [3.05, 3.63) is 42.5 Å². The average molecular weight is 420 g/mol. The number of unbranched alkanes of at least 4 members (excludes halogenated alkanes) is 4. The van der Waals surface area contributed by atoms with Crippen molar-refractivity contribution >= 4 is 12.1 Å². The van der Waals surface area contributed by atoms with Crippen LogP contribution in [0.15, 0.2) is 36.9 Å². The lowest BCUT2D eigenvalue weighted by Crippen LogP contribution is -2.55. The van der Waals surface area contributed by atoms with Crippen LogP contribution in [0.2, 0.25) is 0 Å². The molecule has 0 spiro atoms. The number of carbonyl (C=O) groups is 2. The van der Waals surface area contributed by atoms with Crippen molar-refractivity contribution in [3.8, 4) is 5.75 Å². The van der Waals surface area contributed by atoms with Crippen molar-refractivity contribution in [2.45, 2.75) is 70.8 Å². The number of benzene rings is 1. The molecule has 0 saturated carbocycles. The Hall–Kier alpha value is -2.50. The average Bonchev–Trinajstić information content (AvgIpc) is 2.75. The largest absolute Gasteiger partial charge is 0.494 e. The molecule has 0 aliphatic heterocycles. The van der Waals surface area contributed by atoms with Gasteiger partial charge in [-0.2, -0.15) is 0 Å². The smallest absolute Gasteiger partial charge is 0.407 e. The first kappa shape index (κ1) is 25.5. The van der Waals surface area contributed by atoms with E-state index in [0.29, 0.717) is 12.8 Å². The molecule has 0 aliphatic rings. The molecule has 1 unspecified atom stereocenters. The van der Waals surface area contributed by atoms with Crippen molar-refractivity contribution in [3.63, 3.8) is 0 Å². The predicted molar refractivity (Wildman–Crippen MR) is 119 cm³/mol. The molecule has 6 nitrogen and oxygen atoms in total. The van der Waals surface area contributed by atoms with Gasteiger partial charge in [0.05, 0.1) is 20.3 Å². The highest BCUT2D eigenvalue weighted by Crippen LogP contribution is 2.23. The van der Waals surface area contributed by atoms with Gasteiger partial charge in [-0.3, -0.25) is 0 Å². The normalized spacial score (nSPS) is 12.5. The van der Waals surface area contributed by atoms with Gasteiger partial charge in [-0.05, 0) is 50.3 Å². The summed E-state index contributed by atoms with van der Waals surface area (Å²) in [6.45, 7) is 8.61. The topological polar surface area (TPSA) is 73.9 Å². The number of nitrogens with one attached hydrogen (secondary N) is 1. The molecular weight excluding hydrogens is 382 g/mol. The van der Waals surface area contributed by atoms with Crippen LogP contribution in [-0.4, -0.2) is 37.9 Å². The minimum absolute atomic E-state index is 0.227. The molecular formula is C24H37NO5. The van der Waals surface area contributed by atoms with Crippen molar-refractivity contribution in [2.24, 2.45) is 0 Å². The Morgan fingerprint density at radius 1 is 1.10 bits per heavy atom. The number of amides is 1. The summed E-state index contributed by atoms with van der Waals surface area (Å²) in [4.78, 5) is 24.5. The van der Waals surface area contributed by atoms with Crippen molar-refractivity contribution in [2.75, 3.05) is 20.3 Å². The van der Waals surface area contributed by atoms with E-state index in [-0.39, 0.29) is 13.0 Å². The van der Waals surface area contributed by atoms with Gasteiger partial charge < -0.3 is 19.5 Å². The van der Waals surface area contributed by atoms with Crippen LogP contribution < -0.4 is 10.1 Å². The quantitative estimate of drug-likeness (QED) is 0.240. The zero-order valence-corrected chi connectivity index (χ0v) is 18.7. The summed E-state index contributed by atoms with van der Waals surface area (Å²) in [5.74, 6) is 0.350. The maximum atomic E-state index is 12.6. The summed E-state index contributed by atoms with van der Waals surface area (Å²) in [6, 6.07) is 7.84. The van der Waals surface area contributed by atoms with Crippen LogP contribution in [0.5, 0.6) is 5.75 Å².